The molecule has 2 N–H and O–H groups in total. The van der Waals surface area contributed by atoms with E-state index in [1.165, 1.54) is 0 Å². The molecule has 110 valence electrons. The van der Waals surface area contributed by atoms with E-state index in [0.717, 1.165) is 16.5 Å². The average molecular weight is 293 g/mol. The van der Waals surface area contributed by atoms with Crippen LogP contribution in [0.25, 0.3) is 10.9 Å². The number of fused-ring (bicyclic) bond motifs is 1. The van der Waals surface area contributed by atoms with E-state index >= 15 is 0 Å². The van der Waals surface area contributed by atoms with Crippen molar-refractivity contribution < 1.29 is 4.79 Å². The van der Waals surface area contributed by atoms with Crippen molar-refractivity contribution in [1.82, 2.24) is 19.9 Å². The third-order valence-electron chi connectivity index (χ3n) is 3.87. The van der Waals surface area contributed by atoms with Crippen molar-refractivity contribution in [3.05, 3.63) is 54.5 Å². The van der Waals surface area contributed by atoms with Crippen LogP contribution in [0.3, 0.4) is 0 Å². The quantitative estimate of drug-likeness (QED) is 0.773. The van der Waals surface area contributed by atoms with E-state index in [0.29, 0.717) is 19.0 Å². The molecule has 0 unspecified atom stereocenters. The van der Waals surface area contributed by atoms with Crippen LogP contribution >= 0.6 is 0 Å². The second-order valence-corrected chi connectivity index (χ2v) is 5.40. The number of aromatic amines is 1. The summed E-state index contributed by atoms with van der Waals surface area (Å²) < 4.78 is 0. The standard InChI is InChI=1S/C16H15N5O/c22-15(12-2-3-14-11(8-12)4-7-17-14)21-9-13(10-21)20-16-18-5-1-6-19-16/h1-8,13,17H,9-10H2,(H,18,19,20). The minimum Gasteiger partial charge on any atom is -0.361 e. The van der Waals surface area contributed by atoms with Gasteiger partial charge in [0.2, 0.25) is 5.95 Å². The van der Waals surface area contributed by atoms with E-state index < -0.39 is 0 Å². The number of aromatic nitrogens is 3. The summed E-state index contributed by atoms with van der Waals surface area (Å²) in [5.74, 6) is 0.670. The lowest BCUT2D eigenvalue weighted by Crippen LogP contribution is -2.57. The summed E-state index contributed by atoms with van der Waals surface area (Å²) in [5.41, 5.74) is 1.77. The number of hydrogen-bond acceptors (Lipinski definition) is 4. The maximum atomic E-state index is 12.4. The van der Waals surface area contributed by atoms with Crippen LogP contribution in [0.15, 0.2) is 48.9 Å². The Kier molecular flexibility index (Phi) is 3.00. The molecule has 0 radical (unpaired) electrons. The summed E-state index contributed by atoms with van der Waals surface area (Å²) >= 11 is 0. The lowest BCUT2D eigenvalue weighted by atomic mass is 10.1. The van der Waals surface area contributed by atoms with Gasteiger partial charge in [0.25, 0.3) is 5.91 Å². The molecule has 4 rings (SSSR count). The van der Waals surface area contributed by atoms with Gasteiger partial charge in [-0.3, -0.25) is 4.79 Å². The van der Waals surface area contributed by atoms with Crippen molar-refractivity contribution >= 4 is 22.8 Å². The molecule has 0 bridgehead atoms. The maximum Gasteiger partial charge on any atom is 0.254 e. The minimum absolute atomic E-state index is 0.0649. The van der Waals surface area contributed by atoms with Gasteiger partial charge in [-0.25, -0.2) is 9.97 Å². The Morgan fingerprint density at radius 3 is 2.86 bits per heavy atom. The zero-order valence-electron chi connectivity index (χ0n) is 11.9. The van der Waals surface area contributed by atoms with Gasteiger partial charge in [-0.1, -0.05) is 0 Å². The zero-order chi connectivity index (χ0) is 14.9. The fraction of sp³-hybridized carbons (Fsp3) is 0.188. The van der Waals surface area contributed by atoms with Gasteiger partial charge in [-0.05, 0) is 30.3 Å². The molecule has 1 aliphatic heterocycles. The van der Waals surface area contributed by atoms with Crippen LogP contribution in [0, 0.1) is 0 Å². The minimum atomic E-state index is 0.0649. The highest BCUT2D eigenvalue weighted by molar-refractivity contribution is 5.98. The Balaban J connectivity index is 1.40. The Morgan fingerprint density at radius 1 is 1.23 bits per heavy atom. The first-order valence-corrected chi connectivity index (χ1v) is 7.19. The molecule has 1 fully saturated rings. The molecule has 2 aromatic heterocycles. The summed E-state index contributed by atoms with van der Waals surface area (Å²) in [6, 6.07) is 9.69. The van der Waals surface area contributed by atoms with E-state index in [1.807, 2.05) is 35.4 Å². The van der Waals surface area contributed by atoms with E-state index in [9.17, 15) is 4.79 Å². The number of anilines is 1. The summed E-state index contributed by atoms with van der Waals surface area (Å²) in [5, 5.41) is 4.27. The van der Waals surface area contributed by atoms with Crippen molar-refractivity contribution in [3.8, 4) is 0 Å². The van der Waals surface area contributed by atoms with Crippen molar-refractivity contribution in [3.63, 3.8) is 0 Å². The first-order chi connectivity index (χ1) is 10.8. The van der Waals surface area contributed by atoms with E-state index in [4.69, 9.17) is 0 Å². The summed E-state index contributed by atoms with van der Waals surface area (Å²) in [7, 11) is 0. The number of carbonyl (C=O) groups excluding carboxylic acids is 1. The summed E-state index contributed by atoms with van der Waals surface area (Å²) in [4.78, 5) is 25.7. The molecule has 1 amide bonds. The number of benzene rings is 1. The molecule has 6 heteroatoms. The van der Waals surface area contributed by atoms with E-state index in [-0.39, 0.29) is 11.9 Å². The topological polar surface area (TPSA) is 73.9 Å². The first-order valence-electron chi connectivity index (χ1n) is 7.19. The van der Waals surface area contributed by atoms with Crippen LogP contribution < -0.4 is 5.32 Å². The Hall–Kier alpha value is -2.89. The third kappa shape index (κ3) is 2.28. The Labute approximate surface area is 127 Å². The summed E-state index contributed by atoms with van der Waals surface area (Å²) in [6.45, 7) is 1.34. The van der Waals surface area contributed by atoms with Gasteiger partial charge in [0, 0.05) is 48.1 Å². The fourth-order valence-corrected chi connectivity index (χ4v) is 2.66. The van der Waals surface area contributed by atoms with Gasteiger partial charge in [0.15, 0.2) is 0 Å². The molecule has 3 aromatic rings. The normalized spacial score (nSPS) is 14.8. The highest BCUT2D eigenvalue weighted by atomic mass is 16.2. The van der Waals surface area contributed by atoms with Crippen LogP contribution in [0.1, 0.15) is 10.4 Å². The highest BCUT2D eigenvalue weighted by Crippen LogP contribution is 2.19. The number of hydrogen-bond donors (Lipinski definition) is 2. The second-order valence-electron chi connectivity index (χ2n) is 5.40. The second kappa shape index (κ2) is 5.14. The van der Waals surface area contributed by atoms with Crippen molar-refractivity contribution in [2.45, 2.75) is 6.04 Å². The molecule has 0 atom stereocenters. The van der Waals surface area contributed by atoms with Crippen LogP contribution in [0.4, 0.5) is 5.95 Å². The van der Waals surface area contributed by atoms with E-state index in [2.05, 4.69) is 20.3 Å². The third-order valence-corrected chi connectivity index (χ3v) is 3.87. The zero-order valence-corrected chi connectivity index (χ0v) is 11.9. The molecule has 1 aromatic carbocycles. The first kappa shape index (κ1) is 12.8. The fourth-order valence-electron chi connectivity index (χ4n) is 2.66. The van der Waals surface area contributed by atoms with Gasteiger partial charge in [0.1, 0.15) is 0 Å². The molecule has 0 spiro atoms. The molecule has 0 aliphatic carbocycles. The number of likely N-dealkylation sites (tertiary alicyclic amines) is 1. The average Bonchev–Trinajstić information content (AvgIpc) is 2.98. The molecular formula is C16H15N5O. The SMILES string of the molecule is O=C(c1ccc2[nH]ccc2c1)N1CC(Nc2ncccn2)C1. The number of carbonyl (C=O) groups is 1. The van der Waals surface area contributed by atoms with Crippen LogP contribution in [0.5, 0.6) is 0 Å². The molecule has 1 aliphatic rings. The maximum absolute atomic E-state index is 12.4. The molecule has 22 heavy (non-hydrogen) atoms. The number of rotatable bonds is 3. The number of nitrogens with zero attached hydrogens (tertiary/aromatic N) is 3. The lowest BCUT2D eigenvalue weighted by molar-refractivity contribution is 0.0625. The van der Waals surface area contributed by atoms with Gasteiger partial charge < -0.3 is 15.2 Å². The van der Waals surface area contributed by atoms with Gasteiger partial charge in [-0.2, -0.15) is 0 Å². The molecule has 3 heterocycles. The van der Waals surface area contributed by atoms with Gasteiger partial charge >= 0.3 is 0 Å². The smallest absolute Gasteiger partial charge is 0.254 e. The molecule has 0 saturated carbocycles. The Bertz CT molecular complexity index is 808. The van der Waals surface area contributed by atoms with Gasteiger partial charge in [-0.15, -0.1) is 0 Å². The van der Waals surface area contributed by atoms with Crippen LogP contribution in [-0.2, 0) is 0 Å². The molecular weight excluding hydrogens is 278 g/mol. The highest BCUT2D eigenvalue weighted by Gasteiger charge is 2.31. The molecule has 6 nitrogen and oxygen atoms in total. The largest absolute Gasteiger partial charge is 0.361 e. The Morgan fingerprint density at radius 2 is 2.05 bits per heavy atom. The number of H-pyrrole nitrogens is 1. The molecule has 1 saturated heterocycles. The van der Waals surface area contributed by atoms with Crippen molar-refractivity contribution in [2.24, 2.45) is 0 Å². The lowest BCUT2D eigenvalue weighted by Gasteiger charge is -2.39. The van der Waals surface area contributed by atoms with Crippen LogP contribution in [0.2, 0.25) is 0 Å². The van der Waals surface area contributed by atoms with Crippen molar-refractivity contribution in [2.75, 3.05) is 18.4 Å². The number of amides is 1. The van der Waals surface area contributed by atoms with E-state index in [1.54, 1.807) is 18.5 Å². The van der Waals surface area contributed by atoms with Gasteiger partial charge in [0.05, 0.1) is 6.04 Å². The van der Waals surface area contributed by atoms with Crippen molar-refractivity contribution in [1.29, 1.82) is 0 Å². The summed E-state index contributed by atoms with van der Waals surface area (Å²) in [6.07, 6.45) is 5.27. The monoisotopic (exact) mass is 293 g/mol. The van der Waals surface area contributed by atoms with Crippen LogP contribution in [-0.4, -0.2) is 44.9 Å². The predicted molar refractivity (Wildman–Crippen MR) is 83.6 cm³/mol. The predicted octanol–water partition coefficient (Wildman–Crippen LogP) is 1.89. The number of nitrogens with one attached hydrogen (secondary N) is 2.